The normalized spacial score (nSPS) is 10.7. The zero-order valence-electron chi connectivity index (χ0n) is 14.8. The molecule has 29 heavy (non-hydrogen) atoms. The molecule has 144 valence electrons. The number of carbonyl (C=O) groups is 1. The van der Waals surface area contributed by atoms with Crippen LogP contribution in [0.2, 0.25) is 0 Å². The van der Waals surface area contributed by atoms with Crippen molar-refractivity contribution in [2.45, 2.75) is 0 Å². The van der Waals surface area contributed by atoms with Crippen LogP contribution in [0.15, 0.2) is 81.8 Å². The van der Waals surface area contributed by atoms with Gasteiger partial charge in [-0.3, -0.25) is 4.79 Å². The number of nitrogens with one attached hydrogen (secondary N) is 1. The number of nitrogens with zero attached hydrogens (tertiary/aromatic N) is 1. The fourth-order valence-electron chi connectivity index (χ4n) is 2.82. The lowest BCUT2D eigenvalue weighted by molar-refractivity contribution is 0.102. The number of aromatic nitrogens is 1. The van der Waals surface area contributed by atoms with Gasteiger partial charge in [-0.2, -0.15) is 0 Å². The van der Waals surface area contributed by atoms with Crippen LogP contribution in [-0.4, -0.2) is 10.9 Å². The minimum Gasteiger partial charge on any atom is -0.436 e. The monoisotopic (exact) mass is 454 g/mol. The lowest BCUT2D eigenvalue weighted by atomic mass is 10.1. The summed E-state index contributed by atoms with van der Waals surface area (Å²) in [4.78, 5) is 17.0. The molecule has 0 aliphatic rings. The van der Waals surface area contributed by atoms with E-state index in [1.807, 2.05) is 24.3 Å². The molecule has 0 saturated heterocycles. The molecule has 7 heteroatoms. The molecule has 0 radical (unpaired) electrons. The summed E-state index contributed by atoms with van der Waals surface area (Å²) >= 11 is 3.41. The molecule has 1 N–H and O–H groups in total. The third-order valence-electron chi connectivity index (χ3n) is 4.20. The molecule has 4 aromatic rings. The topological polar surface area (TPSA) is 55.1 Å². The lowest BCUT2D eigenvalue weighted by Crippen LogP contribution is -2.14. The number of benzene rings is 3. The Balaban J connectivity index is 1.66. The zero-order valence-corrected chi connectivity index (χ0v) is 16.4. The number of halogens is 3. The molecule has 1 heterocycles. The van der Waals surface area contributed by atoms with E-state index in [0.29, 0.717) is 17.4 Å². The van der Waals surface area contributed by atoms with Crippen molar-refractivity contribution >= 4 is 27.5 Å². The highest BCUT2D eigenvalue weighted by molar-refractivity contribution is 9.10. The number of hydrogen-bond acceptors (Lipinski definition) is 3. The van der Waals surface area contributed by atoms with Crippen LogP contribution in [-0.2, 0) is 0 Å². The van der Waals surface area contributed by atoms with E-state index in [1.54, 1.807) is 30.5 Å². The minimum atomic E-state index is -0.858. The maximum absolute atomic E-state index is 13.9. The Morgan fingerprint density at radius 3 is 2.62 bits per heavy atom. The summed E-state index contributed by atoms with van der Waals surface area (Å²) in [6.45, 7) is 0. The molecule has 4 nitrogen and oxygen atoms in total. The van der Waals surface area contributed by atoms with Gasteiger partial charge in [0.2, 0.25) is 5.89 Å². The van der Waals surface area contributed by atoms with Gasteiger partial charge in [0.1, 0.15) is 11.6 Å². The van der Waals surface area contributed by atoms with Crippen LogP contribution in [0.4, 0.5) is 14.5 Å². The van der Waals surface area contributed by atoms with E-state index in [4.69, 9.17) is 4.42 Å². The Hall–Kier alpha value is -3.32. The number of rotatable bonds is 4. The van der Waals surface area contributed by atoms with Gasteiger partial charge < -0.3 is 9.73 Å². The smallest absolute Gasteiger partial charge is 0.256 e. The molecule has 0 saturated carbocycles. The van der Waals surface area contributed by atoms with Crippen LogP contribution < -0.4 is 5.32 Å². The first-order valence-electron chi connectivity index (χ1n) is 8.59. The number of oxazole rings is 1. The molecule has 4 rings (SSSR count). The largest absolute Gasteiger partial charge is 0.436 e. The number of anilines is 1. The summed E-state index contributed by atoms with van der Waals surface area (Å²) in [5.41, 5.74) is 1.41. The zero-order chi connectivity index (χ0) is 20.4. The third kappa shape index (κ3) is 4.09. The highest BCUT2D eigenvalue weighted by Gasteiger charge is 2.18. The van der Waals surface area contributed by atoms with Crippen molar-refractivity contribution < 1.29 is 18.0 Å². The minimum absolute atomic E-state index is 0.117. The summed E-state index contributed by atoms with van der Waals surface area (Å²) in [5.74, 6) is -1.34. The first-order valence-corrected chi connectivity index (χ1v) is 9.38. The van der Waals surface area contributed by atoms with E-state index < -0.39 is 17.5 Å². The molecule has 0 atom stereocenters. The highest BCUT2D eigenvalue weighted by Crippen LogP contribution is 2.30. The molecule has 0 bridgehead atoms. The van der Waals surface area contributed by atoms with E-state index >= 15 is 0 Å². The average molecular weight is 455 g/mol. The molecule has 0 unspecified atom stereocenters. The maximum atomic E-state index is 13.9. The SMILES string of the molecule is O=C(Nc1ccc(F)cc1F)c1ccccc1-c1ncc(-c2cccc(Br)c2)o1. The molecule has 0 fully saturated rings. The second-order valence-electron chi connectivity index (χ2n) is 6.16. The molecule has 3 aromatic carbocycles. The average Bonchev–Trinajstić information content (AvgIpc) is 3.20. The van der Waals surface area contributed by atoms with Gasteiger partial charge in [-0.05, 0) is 36.4 Å². The third-order valence-corrected chi connectivity index (χ3v) is 4.69. The first kappa shape index (κ1) is 19.0. The van der Waals surface area contributed by atoms with Crippen LogP contribution in [0.25, 0.3) is 22.8 Å². The van der Waals surface area contributed by atoms with Gasteiger partial charge in [-0.15, -0.1) is 0 Å². The summed E-state index contributed by atoms with van der Waals surface area (Å²) in [6, 6.07) is 17.2. The summed E-state index contributed by atoms with van der Waals surface area (Å²) in [5, 5.41) is 2.45. The molecule has 1 amide bonds. The van der Waals surface area contributed by atoms with Crippen molar-refractivity contribution in [2.75, 3.05) is 5.32 Å². The Labute approximate surface area is 173 Å². The molecular weight excluding hydrogens is 442 g/mol. The van der Waals surface area contributed by atoms with E-state index in [-0.39, 0.29) is 17.1 Å². The van der Waals surface area contributed by atoms with Gasteiger partial charge in [0.15, 0.2) is 5.76 Å². The van der Waals surface area contributed by atoms with Crippen molar-refractivity contribution in [1.29, 1.82) is 0 Å². The predicted octanol–water partition coefficient (Wildman–Crippen LogP) is 6.30. The summed E-state index contributed by atoms with van der Waals surface area (Å²) in [6.07, 6.45) is 1.57. The van der Waals surface area contributed by atoms with Gasteiger partial charge in [0, 0.05) is 21.7 Å². The Kier molecular flexibility index (Phi) is 5.22. The first-order chi connectivity index (χ1) is 14.0. The summed E-state index contributed by atoms with van der Waals surface area (Å²) in [7, 11) is 0. The quantitative estimate of drug-likeness (QED) is 0.393. The molecular formula is C22H13BrF2N2O2. The van der Waals surface area contributed by atoms with E-state index in [0.717, 1.165) is 16.1 Å². The van der Waals surface area contributed by atoms with Gasteiger partial charge in [-0.25, -0.2) is 13.8 Å². The lowest BCUT2D eigenvalue weighted by Gasteiger charge is -2.09. The second-order valence-corrected chi connectivity index (χ2v) is 7.08. The highest BCUT2D eigenvalue weighted by atomic mass is 79.9. The Morgan fingerprint density at radius 1 is 1.00 bits per heavy atom. The standard InChI is InChI=1S/C22H13BrF2N2O2/c23-14-5-3-4-13(10-14)20-12-26-22(29-20)17-7-2-1-6-16(17)21(28)27-19-9-8-15(24)11-18(19)25/h1-12H,(H,27,28). The predicted molar refractivity (Wildman–Crippen MR) is 109 cm³/mol. The fraction of sp³-hybridized carbons (Fsp3) is 0. The van der Waals surface area contributed by atoms with E-state index in [1.165, 1.54) is 6.07 Å². The van der Waals surface area contributed by atoms with Crippen molar-refractivity contribution in [3.8, 4) is 22.8 Å². The molecule has 0 aliphatic carbocycles. The number of carbonyl (C=O) groups excluding carboxylic acids is 1. The van der Waals surface area contributed by atoms with Gasteiger partial charge in [0.05, 0.1) is 17.4 Å². The van der Waals surface area contributed by atoms with Crippen LogP contribution >= 0.6 is 15.9 Å². The molecule has 0 spiro atoms. The van der Waals surface area contributed by atoms with Crippen molar-refractivity contribution in [3.63, 3.8) is 0 Å². The van der Waals surface area contributed by atoms with Crippen molar-refractivity contribution in [2.24, 2.45) is 0 Å². The maximum Gasteiger partial charge on any atom is 0.256 e. The van der Waals surface area contributed by atoms with Crippen LogP contribution in [0.3, 0.4) is 0 Å². The Bertz CT molecular complexity index is 1210. The van der Waals surface area contributed by atoms with E-state index in [9.17, 15) is 13.6 Å². The summed E-state index contributed by atoms with van der Waals surface area (Å²) < 4.78 is 33.7. The fourth-order valence-corrected chi connectivity index (χ4v) is 3.22. The van der Waals surface area contributed by atoms with Gasteiger partial charge >= 0.3 is 0 Å². The van der Waals surface area contributed by atoms with Crippen LogP contribution in [0.1, 0.15) is 10.4 Å². The van der Waals surface area contributed by atoms with Crippen LogP contribution in [0, 0.1) is 11.6 Å². The Morgan fingerprint density at radius 2 is 1.83 bits per heavy atom. The number of amides is 1. The van der Waals surface area contributed by atoms with Crippen LogP contribution in [0.5, 0.6) is 0 Å². The molecule has 0 aliphatic heterocycles. The van der Waals surface area contributed by atoms with E-state index in [2.05, 4.69) is 26.2 Å². The van der Waals surface area contributed by atoms with Crippen molar-refractivity contribution in [3.05, 3.63) is 94.6 Å². The van der Waals surface area contributed by atoms with Gasteiger partial charge in [0.25, 0.3) is 5.91 Å². The van der Waals surface area contributed by atoms with Gasteiger partial charge in [-0.1, -0.05) is 40.2 Å². The van der Waals surface area contributed by atoms with Crippen molar-refractivity contribution in [1.82, 2.24) is 4.98 Å². The second kappa shape index (κ2) is 7.97. The molecule has 1 aromatic heterocycles. The number of hydrogen-bond donors (Lipinski definition) is 1.